The molecule has 0 fully saturated rings. The molecule has 0 saturated carbocycles. The molecule has 0 amide bonds. The molecule has 186 valence electrons. The Balaban J connectivity index is 1.69. The Morgan fingerprint density at radius 1 is 0.647 bits per heavy atom. The zero-order chi connectivity index (χ0) is 24.4. The molecule has 34 heavy (non-hydrogen) atoms. The van der Waals surface area contributed by atoms with Crippen molar-refractivity contribution in [2.75, 3.05) is 0 Å². The topological polar surface area (TPSA) is 54.4 Å². The lowest BCUT2D eigenvalue weighted by molar-refractivity contribution is -0.139. The van der Waals surface area contributed by atoms with E-state index in [9.17, 15) is 14.7 Å². The van der Waals surface area contributed by atoms with Gasteiger partial charge in [0.2, 0.25) is 0 Å². The largest absolute Gasteiger partial charge is 0.481 e. The number of carboxylic acids is 1. The third-order valence-electron chi connectivity index (χ3n) is 6.76. The summed E-state index contributed by atoms with van der Waals surface area (Å²) in [6.07, 6.45) is 18.5. The predicted molar refractivity (Wildman–Crippen MR) is 142 cm³/mol. The number of carbonyl (C=O) groups excluding carboxylic acids is 1. The first-order valence-corrected chi connectivity index (χ1v) is 13.6. The molecule has 3 nitrogen and oxygen atoms in total. The van der Waals surface area contributed by atoms with Crippen molar-refractivity contribution in [3.63, 3.8) is 0 Å². The van der Waals surface area contributed by atoms with Crippen LogP contribution in [0.2, 0.25) is 0 Å². The van der Waals surface area contributed by atoms with E-state index in [-0.39, 0.29) is 5.78 Å². The van der Waals surface area contributed by atoms with E-state index >= 15 is 0 Å². The van der Waals surface area contributed by atoms with E-state index in [1.807, 2.05) is 30.3 Å². The van der Waals surface area contributed by atoms with Gasteiger partial charge in [-0.25, -0.2) is 0 Å². The maximum Gasteiger partial charge on any atom is 0.310 e. The van der Waals surface area contributed by atoms with Gasteiger partial charge in [-0.1, -0.05) is 151 Å². The number of aliphatic carboxylic acids is 1. The standard InChI is InChI=1S/C31H44O3/c1-2-3-4-5-6-7-8-9-10-11-12-13-14-18-25-29(31(33)34)27-23-19-20-24-28(27)30(32)26-21-16-15-17-22-26/h15-17,19-24,29H,2-14,18,25H2,1H3,(H,33,34). The summed E-state index contributed by atoms with van der Waals surface area (Å²) in [5.74, 6) is -1.59. The minimum Gasteiger partial charge on any atom is -0.481 e. The van der Waals surface area contributed by atoms with Gasteiger partial charge in [-0.15, -0.1) is 0 Å². The number of hydrogen-bond acceptors (Lipinski definition) is 2. The summed E-state index contributed by atoms with van der Waals surface area (Å²) in [6.45, 7) is 2.26. The van der Waals surface area contributed by atoms with E-state index in [1.54, 1.807) is 24.3 Å². The van der Waals surface area contributed by atoms with Crippen LogP contribution in [0, 0.1) is 0 Å². The van der Waals surface area contributed by atoms with Crippen molar-refractivity contribution in [2.24, 2.45) is 0 Å². The Labute approximate surface area is 207 Å². The second-order valence-electron chi connectivity index (χ2n) is 9.56. The Bertz CT molecular complexity index is 828. The van der Waals surface area contributed by atoms with E-state index in [1.165, 1.54) is 70.6 Å². The quantitative estimate of drug-likeness (QED) is 0.167. The summed E-state index contributed by atoms with van der Waals surface area (Å²) in [4.78, 5) is 25.1. The lowest BCUT2D eigenvalue weighted by Gasteiger charge is -2.16. The molecule has 0 radical (unpaired) electrons. The molecule has 2 aromatic rings. The van der Waals surface area contributed by atoms with Crippen molar-refractivity contribution in [1.82, 2.24) is 0 Å². The zero-order valence-corrected chi connectivity index (χ0v) is 21.1. The van der Waals surface area contributed by atoms with Crippen LogP contribution in [0.15, 0.2) is 54.6 Å². The fourth-order valence-corrected chi connectivity index (χ4v) is 4.71. The van der Waals surface area contributed by atoms with Crippen LogP contribution < -0.4 is 0 Å². The van der Waals surface area contributed by atoms with Crippen molar-refractivity contribution >= 4 is 11.8 Å². The third kappa shape index (κ3) is 10.2. The summed E-state index contributed by atoms with van der Waals surface area (Å²) in [6, 6.07) is 16.3. The van der Waals surface area contributed by atoms with E-state index in [4.69, 9.17) is 0 Å². The molecule has 2 rings (SSSR count). The highest BCUT2D eigenvalue weighted by molar-refractivity contribution is 6.10. The van der Waals surface area contributed by atoms with Gasteiger partial charge in [-0.2, -0.15) is 0 Å². The lowest BCUT2D eigenvalue weighted by Crippen LogP contribution is -2.16. The maximum atomic E-state index is 13.0. The number of ketones is 1. The van der Waals surface area contributed by atoms with Gasteiger partial charge in [-0.05, 0) is 12.0 Å². The van der Waals surface area contributed by atoms with Gasteiger partial charge >= 0.3 is 5.97 Å². The van der Waals surface area contributed by atoms with Gasteiger partial charge in [0.15, 0.2) is 5.78 Å². The van der Waals surface area contributed by atoms with Gasteiger partial charge < -0.3 is 5.11 Å². The molecule has 0 aliphatic heterocycles. The van der Waals surface area contributed by atoms with Gasteiger partial charge in [0, 0.05) is 11.1 Å². The highest BCUT2D eigenvalue weighted by Crippen LogP contribution is 2.28. The molecule has 0 bridgehead atoms. The third-order valence-corrected chi connectivity index (χ3v) is 6.76. The maximum absolute atomic E-state index is 13.0. The molecule has 0 aliphatic carbocycles. The Morgan fingerprint density at radius 2 is 1.12 bits per heavy atom. The van der Waals surface area contributed by atoms with Gasteiger partial charge in [0.05, 0.1) is 5.92 Å². The number of carbonyl (C=O) groups is 2. The number of unbranched alkanes of at least 4 members (excludes halogenated alkanes) is 13. The van der Waals surface area contributed by atoms with E-state index in [2.05, 4.69) is 6.92 Å². The van der Waals surface area contributed by atoms with Crippen molar-refractivity contribution in [2.45, 2.75) is 109 Å². The molecule has 0 aliphatic rings. The van der Waals surface area contributed by atoms with E-state index in [0.29, 0.717) is 23.1 Å². The zero-order valence-electron chi connectivity index (χ0n) is 21.1. The van der Waals surface area contributed by atoms with E-state index < -0.39 is 11.9 Å². The first kappa shape index (κ1) is 27.8. The molecule has 0 aromatic heterocycles. The van der Waals surface area contributed by atoms with Crippen LogP contribution in [-0.2, 0) is 4.79 Å². The Hall–Kier alpha value is -2.42. The first-order valence-electron chi connectivity index (χ1n) is 13.6. The summed E-state index contributed by atoms with van der Waals surface area (Å²) in [7, 11) is 0. The van der Waals surface area contributed by atoms with Crippen LogP contribution in [0.25, 0.3) is 0 Å². The Morgan fingerprint density at radius 3 is 1.65 bits per heavy atom. The van der Waals surface area contributed by atoms with Crippen molar-refractivity contribution in [3.05, 3.63) is 71.3 Å². The monoisotopic (exact) mass is 464 g/mol. The van der Waals surface area contributed by atoms with Crippen LogP contribution in [0.3, 0.4) is 0 Å². The second-order valence-corrected chi connectivity index (χ2v) is 9.56. The van der Waals surface area contributed by atoms with Crippen LogP contribution in [0.5, 0.6) is 0 Å². The molecule has 2 aromatic carbocycles. The van der Waals surface area contributed by atoms with Crippen LogP contribution in [0.1, 0.15) is 131 Å². The number of benzene rings is 2. The molecular formula is C31H44O3. The van der Waals surface area contributed by atoms with Crippen molar-refractivity contribution < 1.29 is 14.7 Å². The highest BCUT2D eigenvalue weighted by Gasteiger charge is 2.25. The van der Waals surface area contributed by atoms with Gasteiger partial charge in [-0.3, -0.25) is 9.59 Å². The van der Waals surface area contributed by atoms with Crippen LogP contribution >= 0.6 is 0 Å². The average molecular weight is 465 g/mol. The summed E-state index contributed by atoms with van der Waals surface area (Å²) < 4.78 is 0. The van der Waals surface area contributed by atoms with Gasteiger partial charge in [0.1, 0.15) is 0 Å². The smallest absolute Gasteiger partial charge is 0.310 e. The number of carboxylic acid groups (broad SMARTS) is 1. The summed E-state index contributed by atoms with van der Waals surface area (Å²) in [5, 5.41) is 9.90. The lowest BCUT2D eigenvalue weighted by atomic mass is 9.87. The van der Waals surface area contributed by atoms with Crippen LogP contribution in [0.4, 0.5) is 0 Å². The molecule has 1 unspecified atom stereocenters. The molecule has 0 heterocycles. The minimum atomic E-state index is -0.844. The molecule has 0 spiro atoms. The van der Waals surface area contributed by atoms with Gasteiger partial charge in [0.25, 0.3) is 0 Å². The first-order chi connectivity index (χ1) is 16.6. The molecular weight excluding hydrogens is 420 g/mol. The predicted octanol–water partition coefficient (Wildman–Crippen LogP) is 8.96. The highest BCUT2D eigenvalue weighted by atomic mass is 16.4. The van der Waals surface area contributed by atoms with Crippen LogP contribution in [-0.4, -0.2) is 16.9 Å². The van der Waals surface area contributed by atoms with Crippen molar-refractivity contribution in [3.8, 4) is 0 Å². The molecule has 1 atom stereocenters. The molecule has 1 N–H and O–H groups in total. The number of rotatable bonds is 19. The summed E-state index contributed by atoms with van der Waals surface area (Å²) >= 11 is 0. The van der Waals surface area contributed by atoms with Crippen molar-refractivity contribution in [1.29, 1.82) is 0 Å². The fourth-order valence-electron chi connectivity index (χ4n) is 4.71. The molecule has 0 saturated heterocycles. The average Bonchev–Trinajstić information content (AvgIpc) is 2.86. The minimum absolute atomic E-state index is 0.108. The molecule has 3 heteroatoms. The number of hydrogen-bond donors (Lipinski definition) is 1. The normalized spacial score (nSPS) is 11.9. The SMILES string of the molecule is CCCCCCCCCCCCCCCCC(C(=O)O)c1ccccc1C(=O)c1ccccc1. The fraction of sp³-hybridized carbons (Fsp3) is 0.548. The summed E-state index contributed by atoms with van der Waals surface area (Å²) in [5.41, 5.74) is 1.74. The van der Waals surface area contributed by atoms with E-state index in [0.717, 1.165) is 19.3 Å². The Kier molecular flexibility index (Phi) is 14.0. The second kappa shape index (κ2) is 17.1.